The zero-order valence-corrected chi connectivity index (χ0v) is 17.9. The summed E-state index contributed by atoms with van der Waals surface area (Å²) in [5.74, 6) is 0.465. The van der Waals surface area contributed by atoms with Gasteiger partial charge in [-0.25, -0.2) is 4.79 Å². The minimum absolute atomic E-state index is 0.0750. The number of Topliss-reactive ketones (excluding diaryl/α,β-unsaturated/α-hetero) is 1. The van der Waals surface area contributed by atoms with Crippen molar-refractivity contribution in [3.8, 4) is 5.75 Å². The fourth-order valence-electron chi connectivity index (χ4n) is 4.18. The fraction of sp³-hybridized carbons (Fsp3) is 0.308. The van der Waals surface area contributed by atoms with Crippen LogP contribution < -0.4 is 4.74 Å². The molecule has 0 unspecified atom stereocenters. The number of H-pyrrole nitrogens is 1. The molecule has 5 nitrogen and oxygen atoms in total. The number of para-hydroxylation sites is 1. The third-order valence-electron chi connectivity index (χ3n) is 5.88. The molecule has 1 N–H and O–H groups in total. The van der Waals surface area contributed by atoms with Crippen molar-refractivity contribution in [2.45, 2.75) is 39.0 Å². The molecule has 1 aromatic heterocycles. The molecular formula is C26H27NO4. The molecule has 3 aromatic rings. The largest absolute Gasteiger partial charge is 0.490 e. The predicted molar refractivity (Wildman–Crippen MR) is 119 cm³/mol. The lowest BCUT2D eigenvalue weighted by atomic mass is 9.81. The molecule has 0 saturated carbocycles. The number of nitrogens with one attached hydrogen (secondary N) is 1. The normalized spacial score (nSPS) is 15.4. The molecule has 0 bridgehead atoms. The number of rotatable bonds is 7. The van der Waals surface area contributed by atoms with Crippen LogP contribution in [0.25, 0.3) is 0 Å². The molecule has 160 valence electrons. The number of carbonyl (C=O) groups excluding carboxylic acids is 2. The average molecular weight is 418 g/mol. The van der Waals surface area contributed by atoms with Gasteiger partial charge in [-0.2, -0.15) is 0 Å². The number of aromatic nitrogens is 1. The van der Waals surface area contributed by atoms with Crippen molar-refractivity contribution in [3.05, 3.63) is 88.2 Å². The van der Waals surface area contributed by atoms with Crippen LogP contribution in [0.5, 0.6) is 5.75 Å². The summed E-state index contributed by atoms with van der Waals surface area (Å²) >= 11 is 0. The molecule has 4 rings (SSSR count). The van der Waals surface area contributed by atoms with Gasteiger partial charge in [0.2, 0.25) is 0 Å². The van der Waals surface area contributed by atoms with E-state index in [0.29, 0.717) is 29.7 Å². The monoisotopic (exact) mass is 417 g/mol. The first kappa shape index (κ1) is 20.9. The summed E-state index contributed by atoms with van der Waals surface area (Å²) in [7, 11) is 0. The molecule has 2 aromatic carbocycles. The van der Waals surface area contributed by atoms with E-state index in [4.69, 9.17) is 9.47 Å². The first-order chi connectivity index (χ1) is 15.1. The molecule has 1 aliphatic carbocycles. The van der Waals surface area contributed by atoms with Crippen LogP contribution in [0.15, 0.2) is 54.6 Å². The minimum atomic E-state index is -0.458. The number of esters is 1. The standard InChI is InChI=1S/C26H27NO4/c1-3-18-9-11-19(12-10-18)20-15-22-24(23(28)16-20)17(2)25(27-22)26(29)31-14-13-30-21-7-5-4-6-8-21/h4-12,20,27H,3,13-16H2,1-2H3/t20-/m0/s1. The van der Waals surface area contributed by atoms with Gasteiger partial charge in [-0.1, -0.05) is 49.4 Å². The Morgan fingerprint density at radius 3 is 2.48 bits per heavy atom. The van der Waals surface area contributed by atoms with Gasteiger partial charge in [-0.05, 0) is 54.5 Å². The summed E-state index contributed by atoms with van der Waals surface area (Å²) < 4.78 is 10.9. The molecule has 1 heterocycles. The zero-order chi connectivity index (χ0) is 21.8. The van der Waals surface area contributed by atoms with Crippen molar-refractivity contribution >= 4 is 11.8 Å². The summed E-state index contributed by atoms with van der Waals surface area (Å²) in [6, 6.07) is 17.8. The summed E-state index contributed by atoms with van der Waals surface area (Å²) in [4.78, 5) is 28.7. The third kappa shape index (κ3) is 4.55. The molecule has 0 amide bonds. The Morgan fingerprint density at radius 1 is 1.03 bits per heavy atom. The Morgan fingerprint density at radius 2 is 1.77 bits per heavy atom. The topological polar surface area (TPSA) is 68.4 Å². The maximum atomic E-state index is 12.9. The van der Waals surface area contributed by atoms with Crippen molar-refractivity contribution in [3.63, 3.8) is 0 Å². The quantitative estimate of drug-likeness (QED) is 0.432. The number of benzene rings is 2. The summed E-state index contributed by atoms with van der Waals surface area (Å²) in [6.07, 6.45) is 2.15. The molecule has 1 atom stereocenters. The molecule has 31 heavy (non-hydrogen) atoms. The van der Waals surface area contributed by atoms with Gasteiger partial charge in [-0.15, -0.1) is 0 Å². The van der Waals surface area contributed by atoms with Crippen molar-refractivity contribution in [1.82, 2.24) is 4.98 Å². The highest BCUT2D eigenvalue weighted by Gasteiger charge is 2.32. The van der Waals surface area contributed by atoms with E-state index in [0.717, 1.165) is 23.4 Å². The Kier molecular flexibility index (Phi) is 6.21. The minimum Gasteiger partial charge on any atom is -0.490 e. The predicted octanol–water partition coefficient (Wildman–Crippen LogP) is 5.03. The van der Waals surface area contributed by atoms with Crippen molar-refractivity contribution in [2.24, 2.45) is 0 Å². The maximum absolute atomic E-state index is 12.9. The third-order valence-corrected chi connectivity index (χ3v) is 5.88. The molecule has 0 spiro atoms. The SMILES string of the molecule is CCc1ccc([C@@H]2CC(=O)c3c([nH]c(C(=O)OCCOc4ccccc4)c3C)C2)cc1. The van der Waals surface area contributed by atoms with Crippen molar-refractivity contribution in [1.29, 1.82) is 0 Å². The van der Waals surface area contributed by atoms with E-state index in [1.807, 2.05) is 30.3 Å². The van der Waals surface area contributed by atoms with Crippen LogP contribution in [0.4, 0.5) is 0 Å². The molecule has 0 aliphatic heterocycles. The van der Waals surface area contributed by atoms with E-state index < -0.39 is 5.97 Å². The van der Waals surface area contributed by atoms with Crippen molar-refractivity contribution < 1.29 is 19.1 Å². The van der Waals surface area contributed by atoms with Gasteiger partial charge >= 0.3 is 5.97 Å². The molecular weight excluding hydrogens is 390 g/mol. The number of hydrogen-bond acceptors (Lipinski definition) is 4. The number of ketones is 1. The highest BCUT2D eigenvalue weighted by Crippen LogP contribution is 2.35. The van der Waals surface area contributed by atoms with Gasteiger partial charge in [0.15, 0.2) is 5.78 Å². The van der Waals surface area contributed by atoms with E-state index >= 15 is 0 Å². The second-order valence-corrected chi connectivity index (χ2v) is 7.90. The number of fused-ring (bicyclic) bond motifs is 1. The van der Waals surface area contributed by atoms with Crippen LogP contribution in [-0.2, 0) is 17.6 Å². The lowest BCUT2D eigenvalue weighted by Gasteiger charge is -2.22. The smallest absolute Gasteiger partial charge is 0.355 e. The average Bonchev–Trinajstić information content (AvgIpc) is 3.14. The highest BCUT2D eigenvalue weighted by atomic mass is 16.6. The van der Waals surface area contributed by atoms with Crippen LogP contribution in [0.3, 0.4) is 0 Å². The molecule has 1 aliphatic rings. The van der Waals surface area contributed by atoms with Crippen LogP contribution >= 0.6 is 0 Å². The number of ether oxygens (including phenoxy) is 2. The second-order valence-electron chi connectivity index (χ2n) is 7.90. The van der Waals surface area contributed by atoms with Gasteiger partial charge in [0, 0.05) is 17.7 Å². The maximum Gasteiger partial charge on any atom is 0.355 e. The van der Waals surface area contributed by atoms with E-state index in [2.05, 4.69) is 36.2 Å². The van der Waals surface area contributed by atoms with Gasteiger partial charge < -0.3 is 14.5 Å². The summed E-state index contributed by atoms with van der Waals surface area (Å²) in [5, 5.41) is 0. The summed E-state index contributed by atoms with van der Waals surface area (Å²) in [6.45, 7) is 4.34. The lowest BCUT2D eigenvalue weighted by molar-refractivity contribution is 0.0443. The summed E-state index contributed by atoms with van der Waals surface area (Å²) in [5.41, 5.74) is 4.95. The Balaban J connectivity index is 1.42. The first-order valence-electron chi connectivity index (χ1n) is 10.7. The number of carbonyl (C=O) groups is 2. The van der Waals surface area contributed by atoms with Crippen LogP contribution in [0.2, 0.25) is 0 Å². The van der Waals surface area contributed by atoms with Crippen LogP contribution in [0.1, 0.15) is 62.5 Å². The Hall–Kier alpha value is -3.34. The fourth-order valence-corrected chi connectivity index (χ4v) is 4.18. The van der Waals surface area contributed by atoms with E-state index in [1.165, 1.54) is 5.56 Å². The van der Waals surface area contributed by atoms with Gasteiger partial charge in [0.05, 0.1) is 0 Å². The highest BCUT2D eigenvalue weighted by molar-refractivity contribution is 6.03. The molecule has 0 saturated heterocycles. The van der Waals surface area contributed by atoms with E-state index in [1.54, 1.807) is 6.92 Å². The van der Waals surface area contributed by atoms with E-state index in [-0.39, 0.29) is 24.9 Å². The first-order valence-corrected chi connectivity index (χ1v) is 10.7. The van der Waals surface area contributed by atoms with Crippen LogP contribution in [0, 0.1) is 6.92 Å². The number of aromatic amines is 1. The number of aryl methyl sites for hydroxylation is 1. The van der Waals surface area contributed by atoms with Gasteiger partial charge in [0.25, 0.3) is 0 Å². The molecule has 5 heteroatoms. The van der Waals surface area contributed by atoms with E-state index in [9.17, 15) is 9.59 Å². The Labute approximate surface area is 182 Å². The Bertz CT molecular complexity index is 1070. The molecule has 0 fully saturated rings. The molecule has 0 radical (unpaired) electrons. The van der Waals surface area contributed by atoms with Crippen molar-refractivity contribution in [2.75, 3.05) is 13.2 Å². The van der Waals surface area contributed by atoms with Gasteiger partial charge in [0.1, 0.15) is 24.7 Å². The van der Waals surface area contributed by atoms with Gasteiger partial charge in [-0.3, -0.25) is 4.79 Å². The lowest BCUT2D eigenvalue weighted by Crippen LogP contribution is -2.18. The number of hydrogen-bond donors (Lipinski definition) is 1. The zero-order valence-electron chi connectivity index (χ0n) is 17.9. The van der Waals surface area contributed by atoms with Crippen LogP contribution in [-0.4, -0.2) is 30.0 Å². The second kappa shape index (κ2) is 9.21.